The van der Waals surface area contributed by atoms with Crippen LogP contribution in [0.3, 0.4) is 0 Å². The number of alkyl halides is 2. The van der Waals surface area contributed by atoms with E-state index < -0.39 is 24.9 Å². The van der Waals surface area contributed by atoms with Crippen molar-refractivity contribution in [2.45, 2.75) is 69.6 Å². The van der Waals surface area contributed by atoms with Gasteiger partial charge in [-0.1, -0.05) is 51.2 Å². The standard InChI is InChI=1S/C20H31F2NO2Si/c1-7-9-14-19(20(21,22)18(3,24)26(4,5)6)23(15-8-2)16-12-10-11-13-17(16)25-19/h8,10-13,24H,2,7,9,14-15H2,1,3-6H3. The minimum atomic E-state index is -3.47. The normalized spacial score (nSPS) is 22.5. The molecule has 26 heavy (non-hydrogen) atoms. The van der Waals surface area contributed by atoms with Crippen LogP contribution in [0.25, 0.3) is 0 Å². The molecule has 0 aliphatic carbocycles. The average Bonchev–Trinajstić information content (AvgIpc) is 2.87. The van der Waals surface area contributed by atoms with Gasteiger partial charge in [0.2, 0.25) is 5.72 Å². The molecular formula is C20H31F2NO2Si. The van der Waals surface area contributed by atoms with Gasteiger partial charge in [0.05, 0.1) is 13.8 Å². The number of rotatable bonds is 8. The molecule has 0 aromatic heterocycles. The number of para-hydroxylation sites is 2. The van der Waals surface area contributed by atoms with Crippen molar-refractivity contribution in [1.29, 1.82) is 0 Å². The molecule has 6 heteroatoms. The minimum absolute atomic E-state index is 0.125. The summed E-state index contributed by atoms with van der Waals surface area (Å²) in [5.74, 6) is -3.04. The predicted octanol–water partition coefficient (Wildman–Crippen LogP) is 5.22. The van der Waals surface area contributed by atoms with Crippen LogP contribution in [0.1, 0.15) is 33.1 Å². The molecule has 1 aliphatic heterocycles. The molecule has 0 fully saturated rings. The Hall–Kier alpha value is -1.40. The van der Waals surface area contributed by atoms with Gasteiger partial charge in [0.25, 0.3) is 0 Å². The predicted molar refractivity (Wildman–Crippen MR) is 106 cm³/mol. The van der Waals surface area contributed by atoms with Crippen molar-refractivity contribution in [2.75, 3.05) is 11.4 Å². The third kappa shape index (κ3) is 2.97. The number of unbranched alkanes of at least 4 members (excludes halogenated alkanes) is 1. The van der Waals surface area contributed by atoms with Crippen molar-refractivity contribution in [1.82, 2.24) is 0 Å². The summed E-state index contributed by atoms with van der Waals surface area (Å²) in [4.78, 5) is 1.58. The number of halogens is 2. The number of hydrogen-bond acceptors (Lipinski definition) is 3. The van der Waals surface area contributed by atoms with Crippen LogP contribution in [0.2, 0.25) is 19.6 Å². The van der Waals surface area contributed by atoms with Crippen molar-refractivity contribution in [2.24, 2.45) is 0 Å². The van der Waals surface area contributed by atoms with E-state index in [1.807, 2.05) is 13.0 Å². The Kier molecular flexibility index (Phi) is 5.60. The zero-order valence-electron chi connectivity index (χ0n) is 16.5. The lowest BCUT2D eigenvalue weighted by Gasteiger charge is -2.51. The Balaban J connectivity index is 2.67. The maximum Gasteiger partial charge on any atom is 0.330 e. The van der Waals surface area contributed by atoms with Gasteiger partial charge >= 0.3 is 5.92 Å². The smallest absolute Gasteiger partial charge is 0.330 e. The van der Waals surface area contributed by atoms with E-state index in [4.69, 9.17) is 4.74 Å². The quantitative estimate of drug-likeness (QED) is 0.493. The van der Waals surface area contributed by atoms with E-state index in [2.05, 4.69) is 6.58 Å². The van der Waals surface area contributed by atoms with Crippen molar-refractivity contribution >= 4 is 13.8 Å². The maximum absolute atomic E-state index is 16.1. The van der Waals surface area contributed by atoms with Crippen LogP contribution in [0.4, 0.5) is 14.5 Å². The molecule has 2 rings (SSSR count). The molecule has 0 saturated heterocycles. The van der Waals surface area contributed by atoms with E-state index in [0.29, 0.717) is 17.9 Å². The van der Waals surface area contributed by atoms with E-state index >= 15 is 8.78 Å². The summed E-state index contributed by atoms with van der Waals surface area (Å²) in [7, 11) is -2.66. The third-order valence-corrected chi connectivity index (χ3v) is 8.85. The highest BCUT2D eigenvalue weighted by molar-refractivity contribution is 6.79. The van der Waals surface area contributed by atoms with Crippen molar-refractivity contribution in [3.8, 4) is 5.75 Å². The van der Waals surface area contributed by atoms with Crippen LogP contribution in [-0.2, 0) is 0 Å². The summed E-state index contributed by atoms with van der Waals surface area (Å²) in [5.41, 5.74) is -1.31. The highest BCUT2D eigenvalue weighted by atomic mass is 28.3. The third-order valence-electron chi connectivity index (χ3n) is 5.61. The molecule has 3 nitrogen and oxygen atoms in total. The Morgan fingerprint density at radius 3 is 2.46 bits per heavy atom. The molecule has 1 aliphatic rings. The lowest BCUT2D eigenvalue weighted by molar-refractivity contribution is -0.231. The molecule has 0 saturated carbocycles. The summed E-state index contributed by atoms with van der Waals surface area (Å²) in [6, 6.07) is 7.07. The lowest BCUT2D eigenvalue weighted by atomic mass is 9.92. The van der Waals surface area contributed by atoms with Gasteiger partial charge in [-0.25, -0.2) is 0 Å². The van der Waals surface area contributed by atoms with Crippen molar-refractivity contribution in [3.05, 3.63) is 36.9 Å². The largest absolute Gasteiger partial charge is 0.459 e. The first-order chi connectivity index (χ1) is 12.0. The van der Waals surface area contributed by atoms with Crippen LogP contribution in [0.5, 0.6) is 5.75 Å². The maximum atomic E-state index is 16.1. The van der Waals surface area contributed by atoms with E-state index in [9.17, 15) is 5.11 Å². The molecule has 1 N–H and O–H groups in total. The summed E-state index contributed by atoms with van der Waals surface area (Å²) < 4.78 is 38.2. The second kappa shape index (κ2) is 6.96. The first kappa shape index (κ1) is 20.9. The van der Waals surface area contributed by atoms with Crippen LogP contribution in [0.15, 0.2) is 36.9 Å². The van der Waals surface area contributed by atoms with E-state index in [1.165, 1.54) is 6.92 Å². The molecule has 1 heterocycles. The van der Waals surface area contributed by atoms with E-state index in [1.54, 1.807) is 48.8 Å². The summed E-state index contributed by atoms with van der Waals surface area (Å²) in [6.07, 6.45) is 3.05. The van der Waals surface area contributed by atoms with Crippen molar-refractivity contribution < 1.29 is 18.6 Å². The number of benzene rings is 1. The van der Waals surface area contributed by atoms with Crippen LogP contribution in [0, 0.1) is 0 Å². The molecular weight excluding hydrogens is 352 g/mol. The Labute approximate surface area is 156 Å². The van der Waals surface area contributed by atoms with E-state index in [0.717, 1.165) is 6.42 Å². The van der Waals surface area contributed by atoms with E-state index in [-0.39, 0.29) is 13.0 Å². The van der Waals surface area contributed by atoms with Gasteiger partial charge in [-0.3, -0.25) is 0 Å². The first-order valence-corrected chi connectivity index (χ1v) is 12.7. The minimum Gasteiger partial charge on any atom is -0.459 e. The Morgan fingerprint density at radius 2 is 1.92 bits per heavy atom. The molecule has 1 aromatic rings. The number of fused-ring (bicyclic) bond motifs is 1. The van der Waals surface area contributed by atoms with Gasteiger partial charge in [0.1, 0.15) is 11.0 Å². The molecule has 146 valence electrons. The summed E-state index contributed by atoms with van der Waals surface area (Å²) in [6.45, 7) is 12.5. The molecule has 0 spiro atoms. The second-order valence-electron chi connectivity index (χ2n) is 8.25. The lowest BCUT2D eigenvalue weighted by Crippen LogP contribution is -2.75. The number of ether oxygens (including phenoxy) is 1. The number of anilines is 1. The highest BCUT2D eigenvalue weighted by Gasteiger charge is 2.72. The zero-order chi connectivity index (χ0) is 19.8. The topological polar surface area (TPSA) is 32.7 Å². The Morgan fingerprint density at radius 1 is 1.31 bits per heavy atom. The first-order valence-electron chi connectivity index (χ1n) is 9.23. The molecule has 1 aromatic carbocycles. The molecule has 0 bridgehead atoms. The second-order valence-corrected chi connectivity index (χ2v) is 13.7. The monoisotopic (exact) mass is 383 g/mol. The zero-order valence-corrected chi connectivity index (χ0v) is 17.5. The SMILES string of the molecule is C=CCN1c2ccccc2OC1(CCCC)C(F)(F)C(C)(O)[Si](C)(C)C. The number of hydrogen-bond donors (Lipinski definition) is 1. The molecule has 2 atom stereocenters. The molecule has 0 radical (unpaired) electrons. The highest BCUT2D eigenvalue weighted by Crippen LogP contribution is 2.55. The van der Waals surface area contributed by atoms with Crippen LogP contribution >= 0.6 is 0 Å². The van der Waals surface area contributed by atoms with Crippen LogP contribution < -0.4 is 9.64 Å². The van der Waals surface area contributed by atoms with Gasteiger partial charge in [0, 0.05) is 13.0 Å². The summed E-state index contributed by atoms with van der Waals surface area (Å²) in [5, 5.41) is 8.90. The van der Waals surface area contributed by atoms with Gasteiger partial charge in [-0.2, -0.15) is 8.78 Å². The summed E-state index contributed by atoms with van der Waals surface area (Å²) >= 11 is 0. The fourth-order valence-corrected chi connectivity index (χ4v) is 4.55. The van der Waals surface area contributed by atoms with Crippen LogP contribution in [-0.4, -0.2) is 36.6 Å². The molecule has 2 unspecified atom stereocenters. The van der Waals surface area contributed by atoms with Gasteiger partial charge in [0.15, 0.2) is 0 Å². The number of nitrogens with zero attached hydrogens (tertiary/aromatic N) is 1. The van der Waals surface area contributed by atoms with Gasteiger partial charge in [-0.15, -0.1) is 6.58 Å². The van der Waals surface area contributed by atoms with Gasteiger partial charge < -0.3 is 14.7 Å². The fourth-order valence-electron chi connectivity index (χ4n) is 3.42. The Bertz CT molecular complexity index is 657. The van der Waals surface area contributed by atoms with Crippen molar-refractivity contribution in [3.63, 3.8) is 0 Å². The average molecular weight is 384 g/mol. The fraction of sp³-hybridized carbons (Fsp3) is 0.600. The van der Waals surface area contributed by atoms with Gasteiger partial charge in [-0.05, 0) is 25.5 Å². The molecule has 0 amide bonds. The number of aliphatic hydroxyl groups is 1.